The Labute approximate surface area is 122 Å². The van der Waals surface area contributed by atoms with E-state index in [9.17, 15) is 9.18 Å². The molecule has 21 heavy (non-hydrogen) atoms. The van der Waals surface area contributed by atoms with Crippen molar-refractivity contribution in [1.82, 2.24) is 4.98 Å². The van der Waals surface area contributed by atoms with Crippen molar-refractivity contribution < 1.29 is 13.9 Å². The van der Waals surface area contributed by atoms with Gasteiger partial charge in [-0.25, -0.2) is 9.37 Å². The SMILES string of the molecule is CCNc1cccc(C(=O)Nc2ccc(OC)c(F)c2)n1. The van der Waals surface area contributed by atoms with Gasteiger partial charge in [0.15, 0.2) is 11.6 Å². The molecule has 0 atom stereocenters. The Kier molecular flexibility index (Phi) is 4.71. The lowest BCUT2D eigenvalue weighted by Crippen LogP contribution is -2.14. The van der Waals surface area contributed by atoms with Crippen LogP contribution in [0.5, 0.6) is 5.75 Å². The molecule has 110 valence electrons. The molecule has 6 heteroatoms. The third kappa shape index (κ3) is 3.68. The average Bonchev–Trinajstić information content (AvgIpc) is 2.48. The minimum atomic E-state index is -0.537. The summed E-state index contributed by atoms with van der Waals surface area (Å²) in [7, 11) is 1.38. The maximum atomic E-state index is 13.6. The third-order valence-electron chi connectivity index (χ3n) is 2.75. The molecular weight excluding hydrogens is 273 g/mol. The van der Waals surface area contributed by atoms with Crippen LogP contribution in [0.25, 0.3) is 0 Å². The van der Waals surface area contributed by atoms with E-state index in [4.69, 9.17) is 4.74 Å². The van der Waals surface area contributed by atoms with Crippen molar-refractivity contribution >= 4 is 17.4 Å². The van der Waals surface area contributed by atoms with Gasteiger partial charge in [0, 0.05) is 18.3 Å². The van der Waals surface area contributed by atoms with Crippen LogP contribution < -0.4 is 15.4 Å². The lowest BCUT2D eigenvalue weighted by molar-refractivity contribution is 0.102. The molecule has 2 rings (SSSR count). The molecule has 0 unspecified atom stereocenters. The lowest BCUT2D eigenvalue weighted by Gasteiger charge is -2.08. The highest BCUT2D eigenvalue weighted by Crippen LogP contribution is 2.21. The number of aromatic nitrogens is 1. The summed E-state index contributed by atoms with van der Waals surface area (Å²) in [6.07, 6.45) is 0. The molecule has 2 aromatic rings. The van der Waals surface area contributed by atoms with Gasteiger partial charge in [-0.3, -0.25) is 4.79 Å². The average molecular weight is 289 g/mol. The van der Waals surface area contributed by atoms with Gasteiger partial charge in [-0.15, -0.1) is 0 Å². The molecule has 0 aliphatic rings. The molecule has 1 aromatic heterocycles. The molecule has 1 aromatic carbocycles. The number of rotatable bonds is 5. The van der Waals surface area contributed by atoms with Crippen molar-refractivity contribution in [3.63, 3.8) is 0 Å². The molecule has 5 nitrogen and oxygen atoms in total. The molecule has 0 spiro atoms. The molecule has 0 saturated carbocycles. The number of benzene rings is 1. The van der Waals surface area contributed by atoms with E-state index in [1.165, 1.54) is 19.2 Å². The lowest BCUT2D eigenvalue weighted by atomic mass is 10.2. The number of hydrogen-bond donors (Lipinski definition) is 2. The first kappa shape index (κ1) is 14.8. The molecule has 1 heterocycles. The maximum Gasteiger partial charge on any atom is 0.274 e. The number of pyridine rings is 1. The van der Waals surface area contributed by atoms with Gasteiger partial charge in [0.25, 0.3) is 5.91 Å². The Morgan fingerprint density at radius 2 is 2.14 bits per heavy atom. The minimum Gasteiger partial charge on any atom is -0.494 e. The summed E-state index contributed by atoms with van der Waals surface area (Å²) in [5.41, 5.74) is 0.596. The van der Waals surface area contributed by atoms with Crippen molar-refractivity contribution in [2.75, 3.05) is 24.3 Å². The van der Waals surface area contributed by atoms with Crippen LogP contribution in [0.3, 0.4) is 0 Å². The Morgan fingerprint density at radius 3 is 2.81 bits per heavy atom. The van der Waals surface area contributed by atoms with Crippen LogP contribution in [-0.4, -0.2) is 24.5 Å². The Hall–Kier alpha value is -2.63. The quantitative estimate of drug-likeness (QED) is 0.888. The van der Waals surface area contributed by atoms with Crippen LogP contribution in [0.1, 0.15) is 17.4 Å². The zero-order chi connectivity index (χ0) is 15.2. The normalized spacial score (nSPS) is 10.0. The van der Waals surface area contributed by atoms with Gasteiger partial charge in [0.2, 0.25) is 0 Å². The number of amides is 1. The Bertz CT molecular complexity index is 647. The largest absolute Gasteiger partial charge is 0.494 e. The molecule has 0 bridgehead atoms. The van der Waals surface area contributed by atoms with E-state index >= 15 is 0 Å². The molecule has 0 aliphatic carbocycles. The number of ether oxygens (including phenoxy) is 1. The fraction of sp³-hybridized carbons (Fsp3) is 0.200. The summed E-state index contributed by atoms with van der Waals surface area (Å²) in [4.78, 5) is 16.3. The summed E-state index contributed by atoms with van der Waals surface area (Å²) in [5, 5.41) is 5.62. The summed E-state index contributed by atoms with van der Waals surface area (Å²) in [5.74, 6) is -0.199. The van der Waals surface area contributed by atoms with Crippen LogP contribution in [0.4, 0.5) is 15.9 Å². The van der Waals surface area contributed by atoms with Gasteiger partial charge in [-0.05, 0) is 31.2 Å². The summed E-state index contributed by atoms with van der Waals surface area (Å²) in [6.45, 7) is 2.65. The second-order valence-electron chi connectivity index (χ2n) is 4.24. The van der Waals surface area contributed by atoms with E-state index in [2.05, 4.69) is 15.6 Å². The highest BCUT2D eigenvalue weighted by Gasteiger charge is 2.10. The second-order valence-corrected chi connectivity index (χ2v) is 4.24. The Balaban J connectivity index is 2.14. The van der Waals surface area contributed by atoms with E-state index in [1.54, 1.807) is 24.3 Å². The smallest absolute Gasteiger partial charge is 0.274 e. The monoisotopic (exact) mass is 289 g/mol. The van der Waals surface area contributed by atoms with Gasteiger partial charge < -0.3 is 15.4 Å². The van der Waals surface area contributed by atoms with Crippen molar-refractivity contribution in [3.8, 4) is 5.75 Å². The summed E-state index contributed by atoms with van der Waals surface area (Å²) in [6, 6.07) is 9.31. The van der Waals surface area contributed by atoms with Crippen LogP contribution in [0.15, 0.2) is 36.4 Å². The summed E-state index contributed by atoms with van der Waals surface area (Å²) >= 11 is 0. The van der Waals surface area contributed by atoms with E-state index in [0.29, 0.717) is 18.1 Å². The topological polar surface area (TPSA) is 63.2 Å². The van der Waals surface area contributed by atoms with E-state index in [-0.39, 0.29) is 11.4 Å². The minimum absolute atomic E-state index is 0.125. The molecule has 0 saturated heterocycles. The number of halogens is 1. The van der Waals surface area contributed by atoms with Gasteiger partial charge >= 0.3 is 0 Å². The number of nitrogens with zero attached hydrogens (tertiary/aromatic N) is 1. The third-order valence-corrected chi connectivity index (χ3v) is 2.75. The number of carbonyl (C=O) groups excluding carboxylic acids is 1. The number of nitrogens with one attached hydrogen (secondary N) is 2. The summed E-state index contributed by atoms with van der Waals surface area (Å²) < 4.78 is 18.4. The molecule has 0 radical (unpaired) electrons. The first-order chi connectivity index (χ1) is 10.1. The van der Waals surface area contributed by atoms with Gasteiger partial charge in [0.05, 0.1) is 7.11 Å². The molecule has 1 amide bonds. The highest BCUT2D eigenvalue weighted by molar-refractivity contribution is 6.03. The molecule has 2 N–H and O–H groups in total. The number of carbonyl (C=O) groups is 1. The predicted molar refractivity (Wildman–Crippen MR) is 79.3 cm³/mol. The molecule has 0 fully saturated rings. The standard InChI is InChI=1S/C15H16FN3O2/c1-3-17-14-6-4-5-12(19-14)15(20)18-10-7-8-13(21-2)11(16)9-10/h4-9H,3H2,1-2H3,(H,17,19)(H,18,20). The van der Waals surface area contributed by atoms with E-state index < -0.39 is 11.7 Å². The van der Waals surface area contributed by atoms with Crippen LogP contribution in [-0.2, 0) is 0 Å². The second kappa shape index (κ2) is 6.69. The number of anilines is 2. The highest BCUT2D eigenvalue weighted by atomic mass is 19.1. The number of hydrogen-bond acceptors (Lipinski definition) is 4. The zero-order valence-corrected chi connectivity index (χ0v) is 11.8. The van der Waals surface area contributed by atoms with Crippen molar-refractivity contribution in [1.29, 1.82) is 0 Å². The van der Waals surface area contributed by atoms with Crippen LogP contribution in [0, 0.1) is 5.82 Å². The van der Waals surface area contributed by atoms with Gasteiger partial charge in [-0.2, -0.15) is 0 Å². The van der Waals surface area contributed by atoms with Crippen LogP contribution in [0.2, 0.25) is 0 Å². The predicted octanol–water partition coefficient (Wildman–Crippen LogP) is 2.91. The fourth-order valence-corrected chi connectivity index (χ4v) is 1.78. The number of methoxy groups -OCH3 is 1. The molecule has 0 aliphatic heterocycles. The first-order valence-corrected chi connectivity index (χ1v) is 6.50. The Morgan fingerprint density at radius 1 is 1.33 bits per heavy atom. The fourth-order valence-electron chi connectivity index (χ4n) is 1.78. The van der Waals surface area contributed by atoms with Crippen molar-refractivity contribution in [3.05, 3.63) is 47.9 Å². The molecular formula is C15H16FN3O2. The van der Waals surface area contributed by atoms with Crippen LogP contribution >= 0.6 is 0 Å². The van der Waals surface area contributed by atoms with Crippen molar-refractivity contribution in [2.45, 2.75) is 6.92 Å². The van der Waals surface area contributed by atoms with Gasteiger partial charge in [0.1, 0.15) is 11.5 Å². The van der Waals surface area contributed by atoms with Crippen molar-refractivity contribution in [2.24, 2.45) is 0 Å². The first-order valence-electron chi connectivity index (χ1n) is 6.50. The maximum absolute atomic E-state index is 13.6. The van der Waals surface area contributed by atoms with E-state index in [1.807, 2.05) is 6.92 Å². The van der Waals surface area contributed by atoms with E-state index in [0.717, 1.165) is 0 Å². The zero-order valence-electron chi connectivity index (χ0n) is 11.8. The van der Waals surface area contributed by atoms with Gasteiger partial charge in [-0.1, -0.05) is 6.07 Å².